The highest BCUT2D eigenvalue weighted by atomic mass is 79.9. The predicted octanol–water partition coefficient (Wildman–Crippen LogP) is 7.11. The predicted molar refractivity (Wildman–Crippen MR) is 190 cm³/mol. The molecule has 0 bridgehead atoms. The second-order valence-electron chi connectivity index (χ2n) is 11.4. The molecule has 0 saturated carbocycles. The summed E-state index contributed by atoms with van der Waals surface area (Å²) in [5, 5.41) is 3.38. The van der Waals surface area contributed by atoms with Gasteiger partial charge in [-0.25, -0.2) is 8.42 Å². The van der Waals surface area contributed by atoms with Crippen LogP contribution in [0.2, 0.25) is 5.02 Å². The Morgan fingerprint density at radius 1 is 0.894 bits per heavy atom. The third kappa shape index (κ3) is 10.1. The Labute approximate surface area is 290 Å². The standard InChI is InChI=1S/C36H39BrClN3O5S/c1-4-46-32-17-15-31(16-18-32)41(47(44,45)33-19-13-30(38)14-20-33)25-35(42)40(24-28-11-8-12-29(37)21-28)34(36(43)39-23-26(2)3)22-27-9-6-5-7-10-27/h5-21,26,34H,4,22-25H2,1-3H3,(H,39,43)/t34-/m1/s1. The molecule has 0 aliphatic rings. The van der Waals surface area contributed by atoms with E-state index in [0.717, 1.165) is 19.9 Å². The molecule has 2 amide bonds. The van der Waals surface area contributed by atoms with Gasteiger partial charge in [0.15, 0.2) is 0 Å². The van der Waals surface area contributed by atoms with Crippen molar-refractivity contribution in [2.45, 2.75) is 44.7 Å². The first-order valence-electron chi connectivity index (χ1n) is 15.3. The van der Waals surface area contributed by atoms with Gasteiger partial charge in [0.05, 0.1) is 17.2 Å². The average molecular weight is 741 g/mol. The van der Waals surface area contributed by atoms with E-state index < -0.39 is 28.5 Å². The summed E-state index contributed by atoms with van der Waals surface area (Å²) in [6.07, 6.45) is 0.234. The van der Waals surface area contributed by atoms with Crippen LogP contribution in [0.15, 0.2) is 112 Å². The maximum absolute atomic E-state index is 14.6. The maximum Gasteiger partial charge on any atom is 0.264 e. The second-order valence-corrected chi connectivity index (χ2v) is 14.6. The quantitative estimate of drug-likeness (QED) is 0.140. The fraction of sp³-hybridized carbons (Fsp3) is 0.278. The molecule has 0 radical (unpaired) electrons. The molecule has 1 N–H and O–H groups in total. The Kier molecular flexibility index (Phi) is 12.9. The van der Waals surface area contributed by atoms with Crippen LogP contribution in [0, 0.1) is 5.92 Å². The van der Waals surface area contributed by atoms with Gasteiger partial charge in [0.2, 0.25) is 11.8 Å². The highest BCUT2D eigenvalue weighted by Crippen LogP contribution is 2.28. The maximum atomic E-state index is 14.6. The molecule has 4 rings (SSSR count). The number of rotatable bonds is 15. The number of nitrogens with zero attached hydrogens (tertiary/aromatic N) is 2. The molecule has 4 aromatic rings. The van der Waals surface area contributed by atoms with Gasteiger partial charge in [-0.3, -0.25) is 13.9 Å². The van der Waals surface area contributed by atoms with Gasteiger partial charge >= 0.3 is 0 Å². The molecule has 248 valence electrons. The van der Waals surface area contributed by atoms with Crippen LogP contribution in [0.3, 0.4) is 0 Å². The van der Waals surface area contributed by atoms with Gasteiger partial charge < -0.3 is 15.0 Å². The lowest BCUT2D eigenvalue weighted by atomic mass is 10.0. The first kappa shape index (κ1) is 36.0. The van der Waals surface area contributed by atoms with Crippen molar-refractivity contribution in [3.8, 4) is 5.75 Å². The minimum Gasteiger partial charge on any atom is -0.494 e. The van der Waals surface area contributed by atoms with Gasteiger partial charge in [-0.2, -0.15) is 0 Å². The SMILES string of the molecule is CCOc1ccc(N(CC(=O)N(Cc2cccc(Br)c2)[C@H](Cc2ccccc2)C(=O)NCC(C)C)S(=O)(=O)c2ccc(Cl)cc2)cc1. The van der Waals surface area contributed by atoms with E-state index in [4.69, 9.17) is 16.3 Å². The summed E-state index contributed by atoms with van der Waals surface area (Å²) in [5.74, 6) is -0.117. The summed E-state index contributed by atoms with van der Waals surface area (Å²) >= 11 is 9.58. The molecule has 0 aliphatic heterocycles. The van der Waals surface area contributed by atoms with E-state index in [0.29, 0.717) is 23.9 Å². The molecule has 0 aromatic heterocycles. The number of amides is 2. The molecule has 0 unspecified atom stereocenters. The van der Waals surface area contributed by atoms with E-state index >= 15 is 0 Å². The lowest BCUT2D eigenvalue weighted by Crippen LogP contribution is -2.53. The Morgan fingerprint density at radius 3 is 2.17 bits per heavy atom. The third-order valence-corrected chi connectivity index (χ3v) is 9.85. The van der Waals surface area contributed by atoms with E-state index in [1.54, 1.807) is 24.3 Å². The molecule has 0 heterocycles. The van der Waals surface area contributed by atoms with E-state index in [1.165, 1.54) is 29.2 Å². The van der Waals surface area contributed by atoms with Gasteiger partial charge in [-0.05, 0) is 84.6 Å². The van der Waals surface area contributed by atoms with Crippen LogP contribution in [0.1, 0.15) is 31.9 Å². The lowest BCUT2D eigenvalue weighted by Gasteiger charge is -2.34. The van der Waals surface area contributed by atoms with Crippen LogP contribution >= 0.6 is 27.5 Å². The number of hydrogen-bond donors (Lipinski definition) is 1. The van der Waals surface area contributed by atoms with Crippen LogP contribution in [0.5, 0.6) is 5.75 Å². The van der Waals surface area contributed by atoms with Crippen LogP contribution < -0.4 is 14.4 Å². The highest BCUT2D eigenvalue weighted by molar-refractivity contribution is 9.10. The van der Waals surface area contributed by atoms with Crippen molar-refractivity contribution in [2.75, 3.05) is 24.0 Å². The minimum absolute atomic E-state index is 0.0300. The average Bonchev–Trinajstić information content (AvgIpc) is 3.05. The molecule has 47 heavy (non-hydrogen) atoms. The van der Waals surface area contributed by atoms with Crippen LogP contribution in [-0.4, -0.2) is 50.9 Å². The molecule has 0 spiro atoms. The Morgan fingerprint density at radius 2 is 1.55 bits per heavy atom. The van der Waals surface area contributed by atoms with Crippen molar-refractivity contribution in [2.24, 2.45) is 5.92 Å². The zero-order valence-electron chi connectivity index (χ0n) is 26.6. The molecule has 1 atom stereocenters. The first-order chi connectivity index (χ1) is 22.5. The topological polar surface area (TPSA) is 96.0 Å². The number of nitrogens with one attached hydrogen (secondary N) is 1. The number of hydrogen-bond acceptors (Lipinski definition) is 5. The molecule has 0 fully saturated rings. The number of halogens is 2. The second kappa shape index (κ2) is 16.8. The Hall–Kier alpha value is -3.86. The summed E-state index contributed by atoms with van der Waals surface area (Å²) in [7, 11) is -4.25. The molecule has 4 aromatic carbocycles. The summed E-state index contributed by atoms with van der Waals surface area (Å²) in [5.41, 5.74) is 1.90. The fourth-order valence-electron chi connectivity index (χ4n) is 4.95. The van der Waals surface area contributed by atoms with Crippen molar-refractivity contribution in [3.63, 3.8) is 0 Å². The molecular formula is C36H39BrClN3O5S. The first-order valence-corrected chi connectivity index (χ1v) is 18.0. The van der Waals surface area contributed by atoms with E-state index in [9.17, 15) is 18.0 Å². The number of ether oxygens (including phenoxy) is 1. The van der Waals surface area contributed by atoms with Crippen molar-refractivity contribution >= 4 is 55.1 Å². The van der Waals surface area contributed by atoms with Crippen molar-refractivity contribution < 1.29 is 22.7 Å². The zero-order valence-corrected chi connectivity index (χ0v) is 29.8. The van der Waals surface area contributed by atoms with Crippen LogP contribution in [-0.2, 0) is 32.6 Å². The summed E-state index contributed by atoms with van der Waals surface area (Å²) < 4.78 is 35.8. The van der Waals surface area contributed by atoms with Gasteiger partial charge in [-0.15, -0.1) is 0 Å². The summed E-state index contributed by atoms with van der Waals surface area (Å²) in [6.45, 7) is 6.22. The summed E-state index contributed by atoms with van der Waals surface area (Å²) in [4.78, 5) is 29.9. The van der Waals surface area contributed by atoms with Crippen molar-refractivity contribution in [3.05, 3.63) is 124 Å². The number of anilines is 1. The largest absolute Gasteiger partial charge is 0.494 e. The van der Waals surface area contributed by atoms with Gasteiger partial charge in [0.25, 0.3) is 10.0 Å². The van der Waals surface area contributed by atoms with Crippen LogP contribution in [0.4, 0.5) is 5.69 Å². The summed E-state index contributed by atoms with van der Waals surface area (Å²) in [6, 6.07) is 28.3. The minimum atomic E-state index is -4.25. The molecule has 0 aliphatic carbocycles. The fourth-order valence-corrected chi connectivity index (χ4v) is 6.93. The van der Waals surface area contributed by atoms with Crippen molar-refractivity contribution in [1.82, 2.24) is 10.2 Å². The van der Waals surface area contributed by atoms with E-state index in [1.807, 2.05) is 75.4 Å². The normalized spacial score (nSPS) is 12.0. The van der Waals surface area contributed by atoms with E-state index in [-0.39, 0.29) is 35.4 Å². The monoisotopic (exact) mass is 739 g/mol. The number of carbonyl (C=O) groups excluding carboxylic acids is 2. The Bertz CT molecular complexity index is 1740. The highest BCUT2D eigenvalue weighted by Gasteiger charge is 2.34. The van der Waals surface area contributed by atoms with Gasteiger partial charge in [-0.1, -0.05) is 83.8 Å². The number of sulfonamides is 1. The molecule has 8 nitrogen and oxygen atoms in total. The van der Waals surface area contributed by atoms with Crippen LogP contribution in [0.25, 0.3) is 0 Å². The zero-order chi connectivity index (χ0) is 34.0. The third-order valence-electron chi connectivity index (χ3n) is 7.31. The Balaban J connectivity index is 1.80. The van der Waals surface area contributed by atoms with E-state index in [2.05, 4.69) is 21.2 Å². The van der Waals surface area contributed by atoms with Gasteiger partial charge in [0, 0.05) is 29.0 Å². The van der Waals surface area contributed by atoms with Gasteiger partial charge in [0.1, 0.15) is 18.3 Å². The smallest absolute Gasteiger partial charge is 0.264 e. The molecule has 11 heteroatoms. The lowest BCUT2D eigenvalue weighted by molar-refractivity contribution is -0.140. The number of benzene rings is 4. The molecule has 0 saturated heterocycles. The molecular weight excluding hydrogens is 702 g/mol. The number of carbonyl (C=O) groups is 2. The van der Waals surface area contributed by atoms with Crippen molar-refractivity contribution in [1.29, 1.82) is 0 Å².